The standard InChI is InChI=1S/C18H22N4O3/c1-24-16-9-8-14(12-20-16)22-18(23)21-11-13-5-4-10-19-17(13)25-15-6-2-3-7-15/h4-5,8-10,12,15H,2-3,6-7,11H2,1H3,(H2,21,22,23). The first-order chi connectivity index (χ1) is 12.2. The van der Waals surface area contributed by atoms with Crippen molar-refractivity contribution in [3.05, 3.63) is 42.2 Å². The van der Waals surface area contributed by atoms with Gasteiger partial charge >= 0.3 is 6.03 Å². The molecule has 3 rings (SSSR count). The Kier molecular flexibility index (Phi) is 5.66. The van der Waals surface area contributed by atoms with Crippen LogP contribution in [-0.2, 0) is 6.54 Å². The highest BCUT2D eigenvalue weighted by Gasteiger charge is 2.18. The lowest BCUT2D eigenvalue weighted by atomic mass is 10.2. The maximum Gasteiger partial charge on any atom is 0.319 e. The van der Waals surface area contributed by atoms with Crippen LogP contribution >= 0.6 is 0 Å². The number of carbonyl (C=O) groups excluding carboxylic acids is 1. The Morgan fingerprint density at radius 1 is 1.24 bits per heavy atom. The van der Waals surface area contributed by atoms with E-state index in [0.717, 1.165) is 18.4 Å². The molecule has 2 N–H and O–H groups in total. The summed E-state index contributed by atoms with van der Waals surface area (Å²) in [5.74, 6) is 1.09. The number of urea groups is 1. The Labute approximate surface area is 146 Å². The first kappa shape index (κ1) is 17.0. The van der Waals surface area contributed by atoms with E-state index in [4.69, 9.17) is 9.47 Å². The molecule has 2 amide bonds. The van der Waals surface area contributed by atoms with E-state index < -0.39 is 0 Å². The highest BCUT2D eigenvalue weighted by atomic mass is 16.5. The highest BCUT2D eigenvalue weighted by molar-refractivity contribution is 5.89. The zero-order valence-electron chi connectivity index (χ0n) is 14.2. The third-order valence-electron chi connectivity index (χ3n) is 4.07. The molecule has 25 heavy (non-hydrogen) atoms. The number of aromatic nitrogens is 2. The van der Waals surface area contributed by atoms with Crippen LogP contribution in [0.5, 0.6) is 11.8 Å². The van der Waals surface area contributed by atoms with Crippen LogP contribution < -0.4 is 20.1 Å². The fraction of sp³-hybridized carbons (Fsp3) is 0.389. The van der Waals surface area contributed by atoms with Gasteiger partial charge in [0.25, 0.3) is 0 Å². The smallest absolute Gasteiger partial charge is 0.319 e. The summed E-state index contributed by atoms with van der Waals surface area (Å²) in [5, 5.41) is 5.54. The van der Waals surface area contributed by atoms with Crippen LogP contribution in [0.4, 0.5) is 10.5 Å². The Morgan fingerprint density at radius 2 is 2.08 bits per heavy atom. The maximum absolute atomic E-state index is 12.1. The van der Waals surface area contributed by atoms with Crippen molar-refractivity contribution in [2.75, 3.05) is 12.4 Å². The number of carbonyl (C=O) groups is 1. The second-order valence-electron chi connectivity index (χ2n) is 5.89. The van der Waals surface area contributed by atoms with Crippen LogP contribution in [0.1, 0.15) is 31.2 Å². The second kappa shape index (κ2) is 8.32. The molecule has 2 aromatic rings. The second-order valence-corrected chi connectivity index (χ2v) is 5.89. The summed E-state index contributed by atoms with van der Waals surface area (Å²) in [5.41, 5.74) is 1.45. The predicted molar refractivity (Wildman–Crippen MR) is 93.8 cm³/mol. The number of nitrogens with one attached hydrogen (secondary N) is 2. The zero-order chi connectivity index (χ0) is 17.5. The van der Waals surface area contributed by atoms with E-state index in [-0.39, 0.29) is 12.1 Å². The van der Waals surface area contributed by atoms with Crippen LogP contribution in [0.3, 0.4) is 0 Å². The highest BCUT2D eigenvalue weighted by Crippen LogP contribution is 2.24. The Bertz CT molecular complexity index is 700. The third kappa shape index (κ3) is 4.82. The van der Waals surface area contributed by atoms with Crippen LogP contribution in [0.15, 0.2) is 36.7 Å². The van der Waals surface area contributed by atoms with E-state index in [9.17, 15) is 4.79 Å². The summed E-state index contributed by atoms with van der Waals surface area (Å²) < 4.78 is 11.0. The third-order valence-corrected chi connectivity index (χ3v) is 4.07. The van der Waals surface area contributed by atoms with E-state index in [1.54, 1.807) is 25.4 Å². The number of ether oxygens (including phenoxy) is 2. The van der Waals surface area contributed by atoms with Crippen molar-refractivity contribution < 1.29 is 14.3 Å². The summed E-state index contributed by atoms with van der Waals surface area (Å²) in [6.07, 6.45) is 8.00. The molecule has 0 saturated heterocycles. The van der Waals surface area contributed by atoms with Crippen molar-refractivity contribution in [2.24, 2.45) is 0 Å². The summed E-state index contributed by atoms with van der Waals surface area (Å²) >= 11 is 0. The molecule has 132 valence electrons. The van der Waals surface area contributed by atoms with Crippen LogP contribution in [0.2, 0.25) is 0 Å². The molecule has 0 aromatic carbocycles. The van der Waals surface area contributed by atoms with E-state index in [0.29, 0.717) is 24.0 Å². The first-order valence-corrected chi connectivity index (χ1v) is 8.40. The van der Waals surface area contributed by atoms with Gasteiger partial charge in [0.1, 0.15) is 6.10 Å². The van der Waals surface area contributed by atoms with E-state index in [1.807, 2.05) is 12.1 Å². The minimum Gasteiger partial charge on any atom is -0.481 e. The van der Waals surface area contributed by atoms with Gasteiger partial charge in [-0.1, -0.05) is 6.07 Å². The van der Waals surface area contributed by atoms with Crippen molar-refractivity contribution in [2.45, 2.75) is 38.3 Å². The van der Waals surface area contributed by atoms with Gasteiger partial charge in [0, 0.05) is 24.4 Å². The minimum atomic E-state index is -0.317. The van der Waals surface area contributed by atoms with Crippen LogP contribution in [0, 0.1) is 0 Å². The van der Waals surface area contributed by atoms with E-state index in [2.05, 4.69) is 20.6 Å². The van der Waals surface area contributed by atoms with E-state index >= 15 is 0 Å². The number of rotatable bonds is 6. The Morgan fingerprint density at radius 3 is 2.80 bits per heavy atom. The predicted octanol–water partition coefficient (Wildman–Crippen LogP) is 3.13. The average Bonchev–Trinajstić information content (AvgIpc) is 3.15. The van der Waals surface area contributed by atoms with Crippen LogP contribution in [-0.4, -0.2) is 29.2 Å². The molecule has 0 bridgehead atoms. The molecule has 0 unspecified atom stereocenters. The quantitative estimate of drug-likeness (QED) is 0.842. The van der Waals surface area contributed by atoms with Crippen molar-refractivity contribution in [1.82, 2.24) is 15.3 Å². The van der Waals surface area contributed by atoms with Gasteiger partial charge < -0.3 is 20.1 Å². The van der Waals surface area contributed by atoms with Crippen molar-refractivity contribution in [3.8, 4) is 11.8 Å². The number of methoxy groups -OCH3 is 1. The molecule has 1 aliphatic rings. The minimum absolute atomic E-state index is 0.229. The van der Waals surface area contributed by atoms with Gasteiger partial charge in [0.15, 0.2) is 0 Å². The molecule has 0 spiro atoms. The summed E-state index contributed by atoms with van der Waals surface area (Å²) in [6, 6.07) is 6.84. The van der Waals surface area contributed by atoms with Gasteiger partial charge in [-0.2, -0.15) is 0 Å². The normalized spacial score (nSPS) is 14.1. The SMILES string of the molecule is COc1ccc(NC(=O)NCc2cccnc2OC2CCCC2)cn1. The zero-order valence-corrected chi connectivity index (χ0v) is 14.2. The van der Waals surface area contributed by atoms with Crippen molar-refractivity contribution in [3.63, 3.8) is 0 Å². The number of hydrogen-bond acceptors (Lipinski definition) is 5. The fourth-order valence-electron chi connectivity index (χ4n) is 2.75. The Balaban J connectivity index is 1.54. The van der Waals surface area contributed by atoms with E-state index in [1.165, 1.54) is 19.0 Å². The topological polar surface area (TPSA) is 85.4 Å². The summed E-state index contributed by atoms with van der Waals surface area (Å²) in [6.45, 7) is 0.339. The summed E-state index contributed by atoms with van der Waals surface area (Å²) in [7, 11) is 1.54. The molecule has 1 fully saturated rings. The van der Waals surface area contributed by atoms with Crippen molar-refractivity contribution >= 4 is 11.7 Å². The lowest BCUT2D eigenvalue weighted by Gasteiger charge is -2.15. The molecule has 2 heterocycles. The lowest BCUT2D eigenvalue weighted by molar-refractivity contribution is 0.199. The molecule has 0 aliphatic heterocycles. The van der Waals surface area contributed by atoms with Gasteiger partial charge in [0.05, 0.1) is 19.0 Å². The largest absolute Gasteiger partial charge is 0.481 e. The van der Waals surface area contributed by atoms with Gasteiger partial charge in [-0.25, -0.2) is 14.8 Å². The first-order valence-electron chi connectivity index (χ1n) is 8.40. The molecule has 1 aliphatic carbocycles. The number of nitrogens with zero attached hydrogens (tertiary/aromatic N) is 2. The van der Waals surface area contributed by atoms with Gasteiger partial charge in [-0.3, -0.25) is 0 Å². The Hall–Kier alpha value is -2.83. The molecule has 1 saturated carbocycles. The number of amides is 2. The maximum atomic E-state index is 12.1. The summed E-state index contributed by atoms with van der Waals surface area (Å²) in [4.78, 5) is 20.4. The molecule has 7 heteroatoms. The molecule has 0 atom stereocenters. The monoisotopic (exact) mass is 342 g/mol. The average molecular weight is 342 g/mol. The fourth-order valence-corrected chi connectivity index (χ4v) is 2.75. The lowest BCUT2D eigenvalue weighted by Crippen LogP contribution is -2.28. The van der Waals surface area contributed by atoms with Gasteiger partial charge in [0.2, 0.25) is 11.8 Å². The molecule has 0 radical (unpaired) electrons. The van der Waals surface area contributed by atoms with Crippen molar-refractivity contribution in [1.29, 1.82) is 0 Å². The molecule has 7 nitrogen and oxygen atoms in total. The van der Waals surface area contributed by atoms with Crippen LogP contribution in [0.25, 0.3) is 0 Å². The molecular weight excluding hydrogens is 320 g/mol. The number of hydrogen-bond donors (Lipinski definition) is 2. The van der Waals surface area contributed by atoms with Gasteiger partial charge in [-0.15, -0.1) is 0 Å². The molecular formula is C18H22N4O3. The number of pyridine rings is 2. The molecule has 2 aromatic heterocycles. The number of anilines is 1. The van der Waals surface area contributed by atoms with Gasteiger partial charge in [-0.05, 0) is 37.8 Å².